The summed E-state index contributed by atoms with van der Waals surface area (Å²) in [6.45, 7) is 6.53. The van der Waals surface area contributed by atoms with E-state index in [1.807, 2.05) is 18.3 Å². The maximum atomic E-state index is 12.4. The van der Waals surface area contributed by atoms with Gasteiger partial charge in [0.05, 0.1) is 16.7 Å². The number of fused-ring (bicyclic) bond motifs is 2. The first-order valence-electron chi connectivity index (χ1n) is 8.55. The van der Waals surface area contributed by atoms with Crippen molar-refractivity contribution in [2.75, 3.05) is 7.05 Å². The van der Waals surface area contributed by atoms with Gasteiger partial charge in [0.15, 0.2) is 0 Å². The van der Waals surface area contributed by atoms with E-state index in [0.29, 0.717) is 12.8 Å². The number of benzene rings is 1. The Bertz CT molecular complexity index is 916. The van der Waals surface area contributed by atoms with Crippen LogP contribution >= 0.6 is 0 Å². The first-order chi connectivity index (χ1) is 11.7. The van der Waals surface area contributed by atoms with Crippen molar-refractivity contribution >= 4 is 23.0 Å². The van der Waals surface area contributed by atoms with Gasteiger partial charge in [-0.15, -0.1) is 0 Å². The number of urea groups is 1. The van der Waals surface area contributed by atoms with Crippen LogP contribution in [0.15, 0.2) is 18.3 Å². The Morgan fingerprint density at radius 1 is 1.16 bits per heavy atom. The highest BCUT2D eigenvalue weighted by Gasteiger charge is 2.54. The van der Waals surface area contributed by atoms with Gasteiger partial charge in [0, 0.05) is 26.1 Å². The van der Waals surface area contributed by atoms with E-state index >= 15 is 0 Å². The molecule has 1 saturated heterocycles. The number of likely N-dealkylation sites (N-methyl/N-ethyl adjacent to an activating group) is 1. The average Bonchev–Trinajstić information content (AvgIpc) is 2.97. The van der Waals surface area contributed by atoms with Gasteiger partial charge >= 0.3 is 6.03 Å². The van der Waals surface area contributed by atoms with Crippen LogP contribution in [0.25, 0.3) is 11.0 Å². The first-order valence-corrected chi connectivity index (χ1v) is 8.55. The van der Waals surface area contributed by atoms with Crippen LogP contribution in [0.2, 0.25) is 0 Å². The van der Waals surface area contributed by atoms with Crippen molar-refractivity contribution in [3.05, 3.63) is 35.2 Å². The van der Waals surface area contributed by atoms with Gasteiger partial charge < -0.3 is 4.90 Å². The van der Waals surface area contributed by atoms with E-state index in [0.717, 1.165) is 34.3 Å². The first kappa shape index (κ1) is 16.0. The summed E-state index contributed by atoms with van der Waals surface area (Å²) >= 11 is 0. The van der Waals surface area contributed by atoms with E-state index in [1.54, 1.807) is 7.05 Å². The Morgan fingerprint density at radius 3 is 2.36 bits per heavy atom. The van der Waals surface area contributed by atoms with Gasteiger partial charge in [0.1, 0.15) is 5.54 Å². The third-order valence-corrected chi connectivity index (χ3v) is 5.18. The number of nitrogens with zero attached hydrogens (tertiary/aromatic N) is 3. The van der Waals surface area contributed by atoms with Crippen molar-refractivity contribution in [2.24, 2.45) is 5.41 Å². The number of imide groups is 1. The molecule has 1 aliphatic heterocycles. The minimum Gasteiger partial charge on any atom is -0.312 e. The van der Waals surface area contributed by atoms with Gasteiger partial charge in [0.25, 0.3) is 5.91 Å². The van der Waals surface area contributed by atoms with E-state index in [2.05, 4.69) is 31.1 Å². The topological polar surface area (TPSA) is 75.2 Å². The van der Waals surface area contributed by atoms with Gasteiger partial charge in [-0.05, 0) is 35.1 Å². The molecule has 1 aliphatic carbocycles. The molecule has 6 nitrogen and oxygen atoms in total. The predicted molar refractivity (Wildman–Crippen MR) is 94.1 cm³/mol. The minimum absolute atomic E-state index is 0.147. The number of nitrogens with one attached hydrogen (secondary N) is 1. The summed E-state index contributed by atoms with van der Waals surface area (Å²) in [4.78, 5) is 35.1. The second kappa shape index (κ2) is 5.00. The Hall–Kier alpha value is -2.50. The SMILES string of the molecule is CN1C(=O)NC(=O)C12Cc1cc3ncc(CC(C)(C)C)nc3cc1C2. The van der Waals surface area contributed by atoms with Crippen LogP contribution in [0.1, 0.15) is 37.6 Å². The number of aromatic nitrogens is 2. The predicted octanol–water partition coefficient (Wildman–Crippen LogP) is 2.24. The summed E-state index contributed by atoms with van der Waals surface area (Å²) in [6.07, 6.45) is 3.74. The van der Waals surface area contributed by atoms with Crippen molar-refractivity contribution in [3.63, 3.8) is 0 Å². The molecule has 1 spiro atoms. The van der Waals surface area contributed by atoms with Gasteiger partial charge in [-0.25, -0.2) is 9.78 Å². The molecule has 25 heavy (non-hydrogen) atoms. The molecule has 0 radical (unpaired) electrons. The van der Waals surface area contributed by atoms with Crippen LogP contribution in [0.5, 0.6) is 0 Å². The van der Waals surface area contributed by atoms with Crippen LogP contribution in [0.3, 0.4) is 0 Å². The zero-order chi connectivity index (χ0) is 18.0. The molecular weight excluding hydrogens is 316 g/mol. The highest BCUT2D eigenvalue weighted by Crippen LogP contribution is 2.38. The number of carbonyl (C=O) groups excluding carboxylic acids is 2. The zero-order valence-electron chi connectivity index (χ0n) is 15.0. The van der Waals surface area contributed by atoms with Gasteiger partial charge in [0.2, 0.25) is 0 Å². The lowest BCUT2D eigenvalue weighted by atomic mass is 9.91. The lowest BCUT2D eigenvalue weighted by molar-refractivity contribution is -0.125. The maximum absolute atomic E-state index is 12.4. The molecule has 1 unspecified atom stereocenters. The summed E-state index contributed by atoms with van der Waals surface area (Å²) in [5, 5.41) is 2.43. The van der Waals surface area contributed by atoms with Crippen molar-refractivity contribution in [1.29, 1.82) is 0 Å². The largest absolute Gasteiger partial charge is 0.324 e. The smallest absolute Gasteiger partial charge is 0.312 e. The number of hydrogen-bond donors (Lipinski definition) is 1. The minimum atomic E-state index is -0.801. The number of rotatable bonds is 1. The number of carbonyl (C=O) groups is 2. The van der Waals surface area contributed by atoms with Gasteiger partial charge in [-0.3, -0.25) is 15.1 Å². The molecule has 2 aromatic rings. The lowest BCUT2D eigenvalue weighted by Crippen LogP contribution is -2.48. The normalized spacial score (nSPS) is 22.8. The summed E-state index contributed by atoms with van der Waals surface area (Å²) in [7, 11) is 1.68. The van der Waals surface area contributed by atoms with E-state index < -0.39 is 5.54 Å². The van der Waals surface area contributed by atoms with E-state index in [9.17, 15) is 9.59 Å². The molecule has 6 heteroatoms. The van der Waals surface area contributed by atoms with Crippen molar-refractivity contribution in [3.8, 4) is 0 Å². The summed E-state index contributed by atoms with van der Waals surface area (Å²) in [5.41, 5.74) is 4.15. The molecule has 3 amide bonds. The molecule has 1 fully saturated rings. The molecule has 0 bridgehead atoms. The van der Waals surface area contributed by atoms with E-state index in [-0.39, 0.29) is 17.4 Å². The lowest BCUT2D eigenvalue weighted by Gasteiger charge is -2.27. The van der Waals surface area contributed by atoms with Crippen LogP contribution in [0.4, 0.5) is 4.79 Å². The second-order valence-corrected chi connectivity index (χ2v) is 8.41. The molecule has 1 aromatic carbocycles. The fourth-order valence-electron chi connectivity index (χ4n) is 3.88. The third-order valence-electron chi connectivity index (χ3n) is 5.18. The van der Waals surface area contributed by atoms with Crippen molar-refractivity contribution in [2.45, 2.75) is 45.6 Å². The molecule has 2 heterocycles. The fourth-order valence-corrected chi connectivity index (χ4v) is 3.88. The second-order valence-electron chi connectivity index (χ2n) is 8.41. The molecule has 130 valence electrons. The Labute approximate surface area is 146 Å². The molecule has 1 aromatic heterocycles. The molecule has 2 aliphatic rings. The van der Waals surface area contributed by atoms with Crippen LogP contribution in [0, 0.1) is 5.41 Å². The Kier molecular flexibility index (Phi) is 3.20. The highest BCUT2D eigenvalue weighted by atomic mass is 16.2. The number of amides is 3. The van der Waals surface area contributed by atoms with Crippen LogP contribution < -0.4 is 5.32 Å². The molecule has 1 atom stereocenters. The molecule has 4 rings (SSSR count). The summed E-state index contributed by atoms with van der Waals surface area (Å²) < 4.78 is 0. The molecule has 1 N–H and O–H groups in total. The van der Waals surface area contributed by atoms with E-state index in [1.165, 1.54) is 4.90 Å². The zero-order valence-corrected chi connectivity index (χ0v) is 15.0. The van der Waals surface area contributed by atoms with E-state index in [4.69, 9.17) is 4.98 Å². The van der Waals surface area contributed by atoms with Crippen LogP contribution in [-0.4, -0.2) is 39.4 Å². The quantitative estimate of drug-likeness (QED) is 0.809. The summed E-state index contributed by atoms with van der Waals surface area (Å²) in [6, 6.07) is 3.71. The molecule has 0 saturated carbocycles. The Morgan fingerprint density at radius 2 is 1.80 bits per heavy atom. The number of hydrogen-bond acceptors (Lipinski definition) is 4. The van der Waals surface area contributed by atoms with Gasteiger partial charge in [-0.1, -0.05) is 20.8 Å². The van der Waals surface area contributed by atoms with Crippen molar-refractivity contribution < 1.29 is 9.59 Å². The average molecular weight is 338 g/mol. The van der Waals surface area contributed by atoms with Crippen LogP contribution in [-0.2, 0) is 24.1 Å². The summed E-state index contributed by atoms with van der Waals surface area (Å²) in [5.74, 6) is -0.213. The van der Waals surface area contributed by atoms with Gasteiger partial charge in [-0.2, -0.15) is 0 Å². The third kappa shape index (κ3) is 2.47. The highest BCUT2D eigenvalue weighted by molar-refractivity contribution is 6.07. The Balaban J connectivity index is 1.74. The monoisotopic (exact) mass is 338 g/mol. The fraction of sp³-hybridized carbons (Fsp3) is 0.474. The van der Waals surface area contributed by atoms with Crippen molar-refractivity contribution in [1.82, 2.24) is 20.2 Å². The maximum Gasteiger partial charge on any atom is 0.324 e. The standard InChI is InChI=1S/C19H22N4O2/c1-18(2,3)9-13-10-20-14-5-11-7-19(8-12(11)6-15(14)21-13)16(24)22-17(25)23(19)4/h5-6,10H,7-9H2,1-4H3,(H,22,24,25). The molecular formula is C19H22N4O2.